The monoisotopic (exact) mass is 407 g/mol. The third-order valence-electron chi connectivity index (χ3n) is 5.48. The summed E-state index contributed by atoms with van der Waals surface area (Å²) in [5.41, 5.74) is -6.10. The van der Waals surface area contributed by atoms with Crippen molar-refractivity contribution in [1.82, 2.24) is 5.32 Å². The number of esters is 1. The molecule has 1 saturated carbocycles. The number of hydrogen-bond acceptors (Lipinski definition) is 4. The summed E-state index contributed by atoms with van der Waals surface area (Å²) in [6, 6.07) is -0.416. The molecule has 0 saturated heterocycles. The Morgan fingerprint density at radius 1 is 1.11 bits per heavy atom. The highest BCUT2D eigenvalue weighted by molar-refractivity contribution is 5.77. The Kier molecular flexibility index (Phi) is 7.24. The van der Waals surface area contributed by atoms with Gasteiger partial charge in [-0.25, -0.2) is 0 Å². The van der Waals surface area contributed by atoms with Crippen molar-refractivity contribution in [2.45, 2.75) is 83.5 Å². The van der Waals surface area contributed by atoms with E-state index in [0.717, 1.165) is 0 Å². The van der Waals surface area contributed by atoms with Gasteiger partial charge in [0.15, 0.2) is 0 Å². The molecule has 0 bridgehead atoms. The SMILES string of the molecule is CCNC(C)C(C)(C)C(=O)OC1CCCCC1C(O)(C(F)(F)F)C(F)(F)F. The van der Waals surface area contributed by atoms with E-state index in [1.165, 1.54) is 13.8 Å². The van der Waals surface area contributed by atoms with Gasteiger partial charge in [-0.15, -0.1) is 0 Å². The van der Waals surface area contributed by atoms with Gasteiger partial charge in [0.2, 0.25) is 0 Å². The van der Waals surface area contributed by atoms with Crippen LogP contribution in [0.15, 0.2) is 0 Å². The van der Waals surface area contributed by atoms with E-state index < -0.39 is 53.8 Å². The number of nitrogens with one attached hydrogen (secondary N) is 1. The van der Waals surface area contributed by atoms with Crippen molar-refractivity contribution < 1.29 is 41.0 Å². The fourth-order valence-corrected chi connectivity index (χ4v) is 3.32. The van der Waals surface area contributed by atoms with Crippen molar-refractivity contribution in [3.63, 3.8) is 0 Å². The molecule has 2 N–H and O–H groups in total. The lowest BCUT2D eigenvalue weighted by Gasteiger charge is -2.44. The van der Waals surface area contributed by atoms with E-state index in [4.69, 9.17) is 4.74 Å². The maximum absolute atomic E-state index is 13.2. The maximum atomic E-state index is 13.2. The highest BCUT2D eigenvalue weighted by Gasteiger charge is 2.75. The first-order valence-corrected chi connectivity index (χ1v) is 8.91. The second-order valence-electron chi connectivity index (χ2n) is 7.60. The van der Waals surface area contributed by atoms with Crippen LogP contribution in [0.1, 0.15) is 53.4 Å². The van der Waals surface area contributed by atoms with Gasteiger partial charge in [-0.2, -0.15) is 26.3 Å². The third-order valence-corrected chi connectivity index (χ3v) is 5.48. The Morgan fingerprint density at radius 3 is 2.04 bits per heavy atom. The fourth-order valence-electron chi connectivity index (χ4n) is 3.32. The van der Waals surface area contributed by atoms with Crippen LogP contribution in [0.2, 0.25) is 0 Å². The van der Waals surface area contributed by atoms with Gasteiger partial charge >= 0.3 is 18.3 Å². The van der Waals surface area contributed by atoms with Crippen molar-refractivity contribution in [3.8, 4) is 0 Å². The van der Waals surface area contributed by atoms with Crippen molar-refractivity contribution in [2.24, 2.45) is 11.3 Å². The van der Waals surface area contributed by atoms with Crippen LogP contribution in [-0.2, 0) is 9.53 Å². The number of carbonyl (C=O) groups excluding carboxylic acids is 1. The normalized spacial score (nSPS) is 23.8. The van der Waals surface area contributed by atoms with Gasteiger partial charge in [0, 0.05) is 12.0 Å². The van der Waals surface area contributed by atoms with E-state index in [9.17, 15) is 36.2 Å². The minimum Gasteiger partial charge on any atom is -0.462 e. The predicted octanol–water partition coefficient (Wildman–Crippen LogP) is 3.97. The second kappa shape index (κ2) is 8.14. The average molecular weight is 407 g/mol. The Hall–Kier alpha value is -1.03. The second-order valence-corrected chi connectivity index (χ2v) is 7.60. The van der Waals surface area contributed by atoms with Gasteiger partial charge in [-0.1, -0.05) is 13.3 Å². The molecule has 0 radical (unpaired) electrons. The van der Waals surface area contributed by atoms with E-state index in [2.05, 4.69) is 5.32 Å². The lowest BCUT2D eigenvalue weighted by Crippen LogP contribution is -2.65. The average Bonchev–Trinajstić information content (AvgIpc) is 2.52. The van der Waals surface area contributed by atoms with Crippen molar-refractivity contribution >= 4 is 5.97 Å². The summed E-state index contributed by atoms with van der Waals surface area (Å²) in [6.45, 7) is 6.99. The molecule has 0 amide bonds. The lowest BCUT2D eigenvalue weighted by molar-refractivity contribution is -0.393. The zero-order chi connectivity index (χ0) is 21.3. The van der Waals surface area contributed by atoms with Crippen molar-refractivity contribution in [3.05, 3.63) is 0 Å². The summed E-state index contributed by atoms with van der Waals surface area (Å²) < 4.78 is 84.6. The Labute approximate surface area is 154 Å². The van der Waals surface area contributed by atoms with Crippen LogP contribution < -0.4 is 5.32 Å². The molecule has 1 aliphatic rings. The number of hydrogen-bond donors (Lipinski definition) is 2. The van der Waals surface area contributed by atoms with E-state index in [1.807, 2.05) is 0 Å². The zero-order valence-electron chi connectivity index (χ0n) is 15.8. The molecule has 0 aromatic rings. The largest absolute Gasteiger partial charge is 0.462 e. The highest BCUT2D eigenvalue weighted by atomic mass is 19.4. The number of halogens is 6. The van der Waals surface area contributed by atoms with E-state index in [0.29, 0.717) is 13.0 Å². The van der Waals surface area contributed by atoms with Crippen molar-refractivity contribution in [2.75, 3.05) is 6.54 Å². The van der Waals surface area contributed by atoms with E-state index >= 15 is 0 Å². The molecule has 3 atom stereocenters. The molecule has 3 unspecified atom stereocenters. The van der Waals surface area contributed by atoms with Gasteiger partial charge in [-0.05, 0) is 46.6 Å². The van der Waals surface area contributed by atoms with Crippen LogP contribution in [0.5, 0.6) is 0 Å². The van der Waals surface area contributed by atoms with Crippen molar-refractivity contribution in [1.29, 1.82) is 0 Å². The minimum absolute atomic E-state index is 0.0738. The number of aliphatic hydroxyl groups is 1. The first-order valence-electron chi connectivity index (χ1n) is 8.91. The van der Waals surface area contributed by atoms with Gasteiger partial charge in [0.05, 0.1) is 5.41 Å². The van der Waals surface area contributed by atoms with Crippen LogP contribution in [0, 0.1) is 11.3 Å². The number of carbonyl (C=O) groups is 1. The molecule has 0 heterocycles. The summed E-state index contributed by atoms with van der Waals surface area (Å²) in [4.78, 5) is 12.5. The van der Waals surface area contributed by atoms with Gasteiger partial charge in [0.1, 0.15) is 6.10 Å². The molecule has 10 heteroatoms. The smallest absolute Gasteiger partial charge is 0.426 e. The number of rotatable bonds is 6. The number of ether oxygens (including phenoxy) is 1. The molecule has 4 nitrogen and oxygen atoms in total. The third kappa shape index (κ3) is 4.70. The molecule has 1 aliphatic carbocycles. The van der Waals surface area contributed by atoms with Crippen LogP contribution in [0.25, 0.3) is 0 Å². The molecule has 1 rings (SSSR count). The molecule has 0 aromatic carbocycles. The highest BCUT2D eigenvalue weighted by Crippen LogP contribution is 2.52. The molecule has 0 aromatic heterocycles. The van der Waals surface area contributed by atoms with Crippen LogP contribution >= 0.6 is 0 Å². The molecule has 0 spiro atoms. The topological polar surface area (TPSA) is 58.6 Å². The fraction of sp³-hybridized carbons (Fsp3) is 0.941. The molecular formula is C17H27F6NO3. The van der Waals surface area contributed by atoms with Gasteiger partial charge in [0.25, 0.3) is 5.60 Å². The molecular weight excluding hydrogens is 380 g/mol. The number of alkyl halides is 6. The summed E-state index contributed by atoms with van der Waals surface area (Å²) in [5, 5.41) is 12.7. The standard InChI is InChI=1S/C17H27F6NO3/c1-5-24-10(2)14(3,4)13(25)27-12-9-7-6-8-11(12)15(26,16(18,19)20)17(21,22)23/h10-12,24,26H,5-9H2,1-4H3. The summed E-state index contributed by atoms with van der Waals surface area (Å²) in [6.07, 6.45) is -13.9. The quantitative estimate of drug-likeness (QED) is 0.517. The molecule has 27 heavy (non-hydrogen) atoms. The minimum atomic E-state index is -5.94. The Morgan fingerprint density at radius 2 is 1.59 bits per heavy atom. The molecule has 1 fully saturated rings. The van der Waals surface area contributed by atoms with Crippen LogP contribution in [-0.4, -0.2) is 47.7 Å². The Balaban J connectivity index is 3.17. The summed E-state index contributed by atoms with van der Waals surface area (Å²) in [5.74, 6) is -3.21. The van der Waals surface area contributed by atoms with Crippen LogP contribution in [0.3, 0.4) is 0 Å². The summed E-state index contributed by atoms with van der Waals surface area (Å²) >= 11 is 0. The first kappa shape index (κ1) is 24.0. The lowest BCUT2D eigenvalue weighted by atomic mass is 9.73. The summed E-state index contributed by atoms with van der Waals surface area (Å²) in [7, 11) is 0. The first-order chi connectivity index (χ1) is 12.1. The van der Waals surface area contributed by atoms with Crippen LogP contribution in [0.4, 0.5) is 26.3 Å². The predicted molar refractivity (Wildman–Crippen MR) is 85.8 cm³/mol. The van der Waals surface area contributed by atoms with Gasteiger partial charge in [-0.3, -0.25) is 4.79 Å². The molecule has 160 valence electrons. The maximum Gasteiger partial charge on any atom is 0.426 e. The van der Waals surface area contributed by atoms with E-state index in [1.54, 1.807) is 13.8 Å². The molecule has 0 aliphatic heterocycles. The van der Waals surface area contributed by atoms with Gasteiger partial charge < -0.3 is 15.2 Å². The van der Waals surface area contributed by atoms with E-state index in [-0.39, 0.29) is 12.8 Å². The zero-order valence-corrected chi connectivity index (χ0v) is 15.8. The Bertz CT molecular complexity index is 504.